The summed E-state index contributed by atoms with van der Waals surface area (Å²) in [5, 5.41) is 21.5. The largest absolute Gasteiger partial charge is 0.508 e. The molecule has 0 saturated carbocycles. The maximum absolute atomic E-state index is 12.7. The molecule has 3 aromatic carbocycles. The van der Waals surface area contributed by atoms with E-state index in [0.29, 0.717) is 11.0 Å². The third kappa shape index (κ3) is 4.78. The average molecular weight is 431 g/mol. The number of aromatic nitrogens is 3. The van der Waals surface area contributed by atoms with Crippen molar-refractivity contribution in [3.05, 3.63) is 84.4 Å². The second-order valence-electron chi connectivity index (χ2n) is 7.14. The molecule has 0 aliphatic heterocycles. The quantitative estimate of drug-likeness (QED) is 0.418. The van der Waals surface area contributed by atoms with Gasteiger partial charge in [0.1, 0.15) is 5.75 Å². The van der Waals surface area contributed by atoms with Gasteiger partial charge in [-0.15, -0.1) is 10.2 Å². The highest BCUT2D eigenvalue weighted by Crippen LogP contribution is 2.31. The number of rotatable bonds is 6. The maximum atomic E-state index is 12.7. The molecule has 0 radical (unpaired) electrons. The summed E-state index contributed by atoms with van der Waals surface area (Å²) < 4.78 is 1.92. The molecule has 1 atom stereocenters. The Morgan fingerprint density at radius 1 is 0.968 bits per heavy atom. The standard InChI is InChI=1S/C24H22N4O2S/c1-16-8-12-19(13-9-16)25-23(30)17(2)31-24-27-26-22(18-10-14-21(29)15-11-18)28(24)20-6-4-3-5-7-20/h3-15,17,29H,1-2H3,(H,25,30). The number of phenols is 1. The Bertz CT molecular complexity index is 1170. The van der Waals surface area contributed by atoms with Gasteiger partial charge in [0, 0.05) is 16.9 Å². The molecule has 4 aromatic rings. The van der Waals surface area contributed by atoms with Gasteiger partial charge in [0.15, 0.2) is 11.0 Å². The number of aromatic hydroxyl groups is 1. The van der Waals surface area contributed by atoms with E-state index in [9.17, 15) is 9.90 Å². The molecule has 1 unspecified atom stereocenters. The molecular formula is C24H22N4O2S. The summed E-state index contributed by atoms with van der Waals surface area (Å²) in [5.74, 6) is 0.716. The molecule has 156 valence electrons. The highest BCUT2D eigenvalue weighted by molar-refractivity contribution is 8.00. The summed E-state index contributed by atoms with van der Waals surface area (Å²) in [6.45, 7) is 3.85. The Morgan fingerprint density at radius 3 is 2.32 bits per heavy atom. The Balaban J connectivity index is 1.62. The lowest BCUT2D eigenvalue weighted by Crippen LogP contribution is -2.22. The van der Waals surface area contributed by atoms with Crippen LogP contribution < -0.4 is 5.32 Å². The van der Waals surface area contributed by atoms with Crippen LogP contribution in [0, 0.1) is 6.92 Å². The van der Waals surface area contributed by atoms with Gasteiger partial charge in [-0.2, -0.15) is 0 Å². The molecule has 0 aliphatic rings. The van der Waals surface area contributed by atoms with Crippen LogP contribution in [0.1, 0.15) is 12.5 Å². The van der Waals surface area contributed by atoms with E-state index in [2.05, 4.69) is 15.5 Å². The maximum Gasteiger partial charge on any atom is 0.237 e. The number of amides is 1. The van der Waals surface area contributed by atoms with Crippen LogP contribution in [-0.2, 0) is 4.79 Å². The first kappa shape index (κ1) is 20.7. The number of para-hydroxylation sites is 1. The zero-order valence-electron chi connectivity index (χ0n) is 17.2. The van der Waals surface area contributed by atoms with Crippen molar-refractivity contribution < 1.29 is 9.90 Å². The zero-order chi connectivity index (χ0) is 21.8. The van der Waals surface area contributed by atoms with Crippen LogP contribution >= 0.6 is 11.8 Å². The van der Waals surface area contributed by atoms with Crippen LogP contribution in [0.5, 0.6) is 5.75 Å². The number of hydrogen-bond donors (Lipinski definition) is 2. The van der Waals surface area contributed by atoms with Crippen LogP contribution in [-0.4, -0.2) is 31.0 Å². The van der Waals surface area contributed by atoms with Crippen molar-refractivity contribution in [1.29, 1.82) is 0 Å². The second kappa shape index (κ2) is 9.06. The first-order valence-corrected chi connectivity index (χ1v) is 10.7. The lowest BCUT2D eigenvalue weighted by atomic mass is 10.2. The number of benzene rings is 3. The summed E-state index contributed by atoms with van der Waals surface area (Å²) in [5.41, 5.74) is 3.61. The van der Waals surface area contributed by atoms with Crippen LogP contribution in [0.3, 0.4) is 0 Å². The van der Waals surface area contributed by atoms with Gasteiger partial charge in [0.05, 0.1) is 5.25 Å². The fourth-order valence-electron chi connectivity index (χ4n) is 3.05. The molecule has 7 heteroatoms. The van der Waals surface area contributed by atoms with Crippen molar-refractivity contribution in [3.63, 3.8) is 0 Å². The zero-order valence-corrected chi connectivity index (χ0v) is 18.0. The normalized spacial score (nSPS) is 11.8. The van der Waals surface area contributed by atoms with Crippen molar-refractivity contribution in [2.75, 3.05) is 5.32 Å². The number of phenolic OH excluding ortho intramolecular Hbond substituents is 1. The Hall–Kier alpha value is -3.58. The summed E-state index contributed by atoms with van der Waals surface area (Å²) in [4.78, 5) is 12.7. The Morgan fingerprint density at radius 2 is 1.65 bits per heavy atom. The second-order valence-corrected chi connectivity index (χ2v) is 8.45. The number of carbonyl (C=O) groups excluding carboxylic acids is 1. The van der Waals surface area contributed by atoms with Crippen LogP contribution in [0.2, 0.25) is 0 Å². The molecule has 0 saturated heterocycles. The molecule has 1 amide bonds. The van der Waals surface area contributed by atoms with Crippen LogP contribution in [0.4, 0.5) is 5.69 Å². The number of anilines is 1. The topological polar surface area (TPSA) is 80.0 Å². The van der Waals surface area contributed by atoms with Gasteiger partial charge in [-0.3, -0.25) is 9.36 Å². The summed E-state index contributed by atoms with van der Waals surface area (Å²) >= 11 is 1.34. The predicted octanol–water partition coefficient (Wildman–Crippen LogP) is 5.07. The summed E-state index contributed by atoms with van der Waals surface area (Å²) in [7, 11) is 0. The van der Waals surface area contributed by atoms with E-state index in [-0.39, 0.29) is 16.9 Å². The SMILES string of the molecule is Cc1ccc(NC(=O)C(C)Sc2nnc(-c3ccc(O)cc3)n2-c2ccccc2)cc1. The third-order valence-electron chi connectivity index (χ3n) is 4.74. The fourth-order valence-corrected chi connectivity index (χ4v) is 3.91. The molecule has 0 aliphatic carbocycles. The van der Waals surface area contributed by atoms with Crippen molar-refractivity contribution in [2.45, 2.75) is 24.3 Å². The lowest BCUT2D eigenvalue weighted by molar-refractivity contribution is -0.115. The van der Waals surface area contributed by atoms with Crippen LogP contribution in [0.15, 0.2) is 84.0 Å². The van der Waals surface area contributed by atoms with E-state index in [1.807, 2.05) is 73.0 Å². The highest BCUT2D eigenvalue weighted by atomic mass is 32.2. The first-order valence-electron chi connectivity index (χ1n) is 9.86. The lowest BCUT2D eigenvalue weighted by Gasteiger charge is -2.14. The van der Waals surface area contributed by atoms with Crippen molar-refractivity contribution in [3.8, 4) is 22.8 Å². The van der Waals surface area contributed by atoms with Gasteiger partial charge in [-0.25, -0.2) is 0 Å². The predicted molar refractivity (Wildman–Crippen MR) is 124 cm³/mol. The summed E-state index contributed by atoms with van der Waals surface area (Å²) in [6, 6.07) is 24.3. The Kier molecular flexibility index (Phi) is 6.04. The van der Waals surface area contributed by atoms with Gasteiger partial charge >= 0.3 is 0 Å². The monoisotopic (exact) mass is 430 g/mol. The molecule has 2 N–H and O–H groups in total. The number of carbonyl (C=O) groups is 1. The smallest absolute Gasteiger partial charge is 0.237 e. The number of nitrogens with one attached hydrogen (secondary N) is 1. The average Bonchev–Trinajstić information content (AvgIpc) is 3.19. The van der Waals surface area contributed by atoms with Gasteiger partial charge in [0.2, 0.25) is 5.91 Å². The molecule has 0 fully saturated rings. The minimum absolute atomic E-state index is 0.109. The van der Waals surface area contributed by atoms with E-state index < -0.39 is 0 Å². The van der Waals surface area contributed by atoms with Crippen LogP contribution in [0.25, 0.3) is 17.1 Å². The number of aryl methyl sites for hydroxylation is 1. The molecule has 0 spiro atoms. The van der Waals surface area contributed by atoms with Crippen molar-refractivity contribution in [2.24, 2.45) is 0 Å². The number of thioether (sulfide) groups is 1. The molecule has 1 aromatic heterocycles. The van der Waals surface area contributed by atoms with Crippen molar-refractivity contribution in [1.82, 2.24) is 14.8 Å². The van der Waals surface area contributed by atoms with Gasteiger partial charge in [-0.1, -0.05) is 47.7 Å². The minimum atomic E-state index is -0.388. The molecule has 1 heterocycles. The molecule has 6 nitrogen and oxygen atoms in total. The van der Waals surface area contributed by atoms with Gasteiger partial charge in [0.25, 0.3) is 0 Å². The molecule has 31 heavy (non-hydrogen) atoms. The fraction of sp³-hybridized carbons (Fsp3) is 0.125. The third-order valence-corrected chi connectivity index (χ3v) is 5.79. The van der Waals surface area contributed by atoms with Crippen molar-refractivity contribution >= 4 is 23.4 Å². The van der Waals surface area contributed by atoms with E-state index >= 15 is 0 Å². The first-order chi connectivity index (χ1) is 15.0. The molecular weight excluding hydrogens is 408 g/mol. The van der Waals surface area contributed by atoms with E-state index in [0.717, 1.165) is 22.5 Å². The van der Waals surface area contributed by atoms with Gasteiger partial charge in [-0.05, 0) is 62.4 Å². The molecule has 4 rings (SSSR count). The van der Waals surface area contributed by atoms with Gasteiger partial charge < -0.3 is 10.4 Å². The number of nitrogens with zero attached hydrogens (tertiary/aromatic N) is 3. The summed E-state index contributed by atoms with van der Waals surface area (Å²) in [6.07, 6.45) is 0. The van der Waals surface area contributed by atoms with E-state index in [1.54, 1.807) is 24.3 Å². The molecule has 0 bridgehead atoms. The Labute approximate surface area is 185 Å². The highest BCUT2D eigenvalue weighted by Gasteiger charge is 2.22. The number of hydrogen-bond acceptors (Lipinski definition) is 5. The van der Waals surface area contributed by atoms with E-state index in [4.69, 9.17) is 0 Å². The minimum Gasteiger partial charge on any atom is -0.508 e. The van der Waals surface area contributed by atoms with E-state index in [1.165, 1.54) is 11.8 Å².